The molecule has 0 radical (unpaired) electrons. The van der Waals surface area contributed by atoms with E-state index in [9.17, 15) is 4.39 Å². The minimum absolute atomic E-state index is 0.113. The lowest BCUT2D eigenvalue weighted by Gasteiger charge is -2.12. The quantitative estimate of drug-likeness (QED) is 0.486. The van der Waals surface area contributed by atoms with Crippen molar-refractivity contribution in [1.82, 2.24) is 0 Å². The van der Waals surface area contributed by atoms with Crippen molar-refractivity contribution >= 4 is 55.1 Å². The average Bonchev–Trinajstić information content (AvgIpc) is 2.33. The Balaban J connectivity index is 2.20. The number of benzene rings is 2. The van der Waals surface area contributed by atoms with Gasteiger partial charge in [-0.1, -0.05) is 67.2 Å². The topological polar surface area (TPSA) is 0 Å². The van der Waals surface area contributed by atoms with Gasteiger partial charge in [-0.05, 0) is 36.2 Å². The Morgan fingerprint density at radius 1 is 1.05 bits per heavy atom. The molecule has 1 atom stereocenters. The maximum atomic E-state index is 13.8. The molecule has 1 unspecified atom stereocenters. The van der Waals surface area contributed by atoms with Crippen LogP contribution in [0.2, 0.25) is 10.0 Å². The van der Waals surface area contributed by atoms with Crippen LogP contribution < -0.4 is 0 Å². The Hall–Kier alpha value is -0.0900. The monoisotopic (exact) mass is 424 g/mol. The Labute approximate surface area is 138 Å². The first-order valence-corrected chi connectivity index (χ1v) is 7.97. The van der Waals surface area contributed by atoms with Gasteiger partial charge in [0.15, 0.2) is 0 Å². The highest BCUT2D eigenvalue weighted by Gasteiger charge is 2.14. The van der Waals surface area contributed by atoms with Gasteiger partial charge in [0.25, 0.3) is 0 Å². The van der Waals surface area contributed by atoms with Crippen molar-refractivity contribution in [2.24, 2.45) is 0 Å². The minimum Gasteiger partial charge on any atom is -0.207 e. The maximum Gasteiger partial charge on any atom is 0.128 e. The zero-order chi connectivity index (χ0) is 14.0. The van der Waals surface area contributed by atoms with E-state index >= 15 is 0 Å². The molecule has 0 aromatic heterocycles. The molecule has 0 aliphatic carbocycles. The molecule has 5 heteroatoms. The Kier molecular flexibility index (Phi) is 5.29. The maximum absolute atomic E-state index is 13.8. The number of hydrogen-bond donors (Lipinski definition) is 0. The highest BCUT2D eigenvalue weighted by atomic mass is 79.9. The number of halogens is 5. The Morgan fingerprint density at radius 3 is 2.42 bits per heavy atom. The van der Waals surface area contributed by atoms with Crippen LogP contribution in [0.5, 0.6) is 0 Å². The second-order valence-corrected chi connectivity index (χ2v) is 6.92. The van der Waals surface area contributed by atoms with Crippen molar-refractivity contribution in [1.29, 1.82) is 0 Å². The third kappa shape index (κ3) is 3.94. The van der Waals surface area contributed by atoms with E-state index in [2.05, 4.69) is 31.9 Å². The summed E-state index contributed by atoms with van der Waals surface area (Å²) in [6, 6.07) is 10.5. The first kappa shape index (κ1) is 15.3. The summed E-state index contributed by atoms with van der Waals surface area (Å²) in [5.41, 5.74) is 1.62. The van der Waals surface area contributed by atoms with Crippen molar-refractivity contribution in [3.63, 3.8) is 0 Å². The molecule has 0 saturated carbocycles. The summed E-state index contributed by atoms with van der Waals surface area (Å²) in [5, 5.41) is 1.03. The lowest BCUT2D eigenvalue weighted by atomic mass is 10.0. The van der Waals surface area contributed by atoms with Crippen LogP contribution in [0.1, 0.15) is 16.0 Å². The van der Waals surface area contributed by atoms with Crippen LogP contribution in [0.3, 0.4) is 0 Å². The molecule has 100 valence electrons. The zero-order valence-electron chi connectivity index (χ0n) is 9.64. The first-order valence-electron chi connectivity index (χ1n) is 5.50. The lowest BCUT2D eigenvalue weighted by Crippen LogP contribution is -1.98. The third-order valence-corrected chi connectivity index (χ3v) is 4.75. The molecular formula is C14H9Br2Cl2F. The number of hydrogen-bond acceptors (Lipinski definition) is 0. The molecule has 2 aromatic rings. The Bertz CT molecular complexity index is 602. The summed E-state index contributed by atoms with van der Waals surface area (Å²) in [7, 11) is 0. The number of rotatable bonds is 3. The molecule has 0 nitrogen and oxygen atoms in total. The molecule has 2 aromatic carbocycles. The van der Waals surface area contributed by atoms with Crippen molar-refractivity contribution in [2.75, 3.05) is 0 Å². The fourth-order valence-corrected chi connectivity index (χ4v) is 3.14. The third-order valence-electron chi connectivity index (χ3n) is 2.70. The molecular weight excluding hydrogens is 418 g/mol. The zero-order valence-corrected chi connectivity index (χ0v) is 14.3. The summed E-state index contributed by atoms with van der Waals surface area (Å²) < 4.78 is 14.6. The SMILES string of the molecule is Fc1cc(Br)ccc1C(Br)Cc1ccc(Cl)c(Cl)c1. The molecule has 0 aliphatic rings. The average molecular weight is 427 g/mol. The van der Waals surface area contributed by atoms with E-state index in [1.165, 1.54) is 6.07 Å². The van der Waals surface area contributed by atoms with Crippen molar-refractivity contribution in [2.45, 2.75) is 11.2 Å². The van der Waals surface area contributed by atoms with Gasteiger partial charge in [0.05, 0.1) is 10.0 Å². The lowest BCUT2D eigenvalue weighted by molar-refractivity contribution is 0.607. The second kappa shape index (κ2) is 6.57. The van der Waals surface area contributed by atoms with Crippen molar-refractivity contribution in [3.8, 4) is 0 Å². The van der Waals surface area contributed by atoms with E-state index in [0.29, 0.717) is 22.0 Å². The molecule has 0 fully saturated rings. The van der Waals surface area contributed by atoms with Crippen molar-refractivity contribution in [3.05, 3.63) is 67.9 Å². The highest BCUT2D eigenvalue weighted by molar-refractivity contribution is 9.10. The van der Waals surface area contributed by atoms with Gasteiger partial charge in [-0.2, -0.15) is 0 Å². The molecule has 0 saturated heterocycles. The van der Waals surface area contributed by atoms with Crippen LogP contribution in [0.25, 0.3) is 0 Å². The molecule has 0 aliphatic heterocycles. The summed E-state index contributed by atoms with van der Waals surface area (Å²) in [5.74, 6) is -0.240. The van der Waals surface area contributed by atoms with Gasteiger partial charge in [-0.25, -0.2) is 4.39 Å². The van der Waals surface area contributed by atoms with Crippen LogP contribution >= 0.6 is 55.1 Å². The van der Waals surface area contributed by atoms with Gasteiger partial charge in [0.2, 0.25) is 0 Å². The van der Waals surface area contributed by atoms with Crippen LogP contribution in [0, 0.1) is 5.82 Å². The molecule has 0 amide bonds. The molecule has 0 bridgehead atoms. The second-order valence-electron chi connectivity index (χ2n) is 4.09. The van der Waals surface area contributed by atoms with Gasteiger partial charge in [0.1, 0.15) is 5.82 Å². The predicted octanol–water partition coefficient (Wildman–Crippen LogP) is 6.57. The van der Waals surface area contributed by atoms with E-state index in [4.69, 9.17) is 23.2 Å². The van der Waals surface area contributed by atoms with E-state index in [1.807, 2.05) is 12.1 Å². The van der Waals surface area contributed by atoms with E-state index in [1.54, 1.807) is 18.2 Å². The summed E-state index contributed by atoms with van der Waals surface area (Å²) in [6.45, 7) is 0. The Morgan fingerprint density at radius 2 is 1.79 bits per heavy atom. The smallest absolute Gasteiger partial charge is 0.128 e. The van der Waals surface area contributed by atoms with Gasteiger partial charge < -0.3 is 0 Å². The van der Waals surface area contributed by atoms with E-state index < -0.39 is 0 Å². The van der Waals surface area contributed by atoms with E-state index in [0.717, 1.165) is 10.0 Å². The van der Waals surface area contributed by atoms with Crippen LogP contribution in [-0.4, -0.2) is 0 Å². The van der Waals surface area contributed by atoms with Crippen molar-refractivity contribution < 1.29 is 4.39 Å². The van der Waals surface area contributed by atoms with Gasteiger partial charge in [-0.15, -0.1) is 0 Å². The van der Waals surface area contributed by atoms with Gasteiger partial charge in [0, 0.05) is 14.9 Å². The van der Waals surface area contributed by atoms with Gasteiger partial charge >= 0.3 is 0 Å². The first-order chi connectivity index (χ1) is 8.97. The van der Waals surface area contributed by atoms with Gasteiger partial charge in [-0.3, -0.25) is 0 Å². The fraction of sp³-hybridized carbons (Fsp3) is 0.143. The molecule has 2 rings (SSSR count). The molecule has 0 heterocycles. The largest absolute Gasteiger partial charge is 0.207 e. The summed E-state index contributed by atoms with van der Waals surface area (Å²) >= 11 is 18.6. The van der Waals surface area contributed by atoms with Crippen LogP contribution in [0.4, 0.5) is 4.39 Å². The van der Waals surface area contributed by atoms with Crippen LogP contribution in [0.15, 0.2) is 40.9 Å². The van der Waals surface area contributed by atoms with Crippen LogP contribution in [-0.2, 0) is 6.42 Å². The summed E-state index contributed by atoms with van der Waals surface area (Å²) in [6.07, 6.45) is 0.634. The summed E-state index contributed by atoms with van der Waals surface area (Å²) in [4.78, 5) is -0.113. The fourth-order valence-electron chi connectivity index (χ4n) is 1.74. The van der Waals surface area contributed by atoms with E-state index in [-0.39, 0.29) is 10.6 Å². The number of alkyl halides is 1. The molecule has 19 heavy (non-hydrogen) atoms. The molecule has 0 N–H and O–H groups in total. The highest BCUT2D eigenvalue weighted by Crippen LogP contribution is 2.32. The molecule has 0 spiro atoms. The normalized spacial score (nSPS) is 12.5. The minimum atomic E-state index is -0.240. The predicted molar refractivity (Wildman–Crippen MR) is 85.9 cm³/mol. The standard InChI is InChI=1S/C14H9Br2Cl2F/c15-9-2-3-10(14(19)7-9)11(16)5-8-1-4-12(17)13(18)6-8/h1-4,6-7,11H,5H2.